The molecule has 2 heteroatoms. The molecule has 0 aliphatic carbocycles. The summed E-state index contributed by atoms with van der Waals surface area (Å²) in [5, 5.41) is 0.860. The van der Waals surface area contributed by atoms with Crippen molar-refractivity contribution in [1.29, 1.82) is 0 Å². The molecular weight excluding hydrogens is 254 g/mol. The highest BCUT2D eigenvalue weighted by Crippen LogP contribution is 2.20. The molecule has 0 aliphatic heterocycles. The molecular formula is C17H28ClN. The molecule has 0 radical (unpaired) electrons. The number of hydrogen-bond acceptors (Lipinski definition) is 1. The number of aryl methyl sites for hydroxylation is 1. The van der Waals surface area contributed by atoms with Gasteiger partial charge in [-0.1, -0.05) is 69.2 Å². The summed E-state index contributed by atoms with van der Waals surface area (Å²) in [5.41, 5.74) is 8.59. The van der Waals surface area contributed by atoms with Crippen molar-refractivity contribution in [2.75, 3.05) is 0 Å². The van der Waals surface area contributed by atoms with Crippen LogP contribution in [0.25, 0.3) is 0 Å². The molecule has 2 N–H and O–H groups in total. The van der Waals surface area contributed by atoms with E-state index in [0.29, 0.717) is 0 Å². The highest BCUT2D eigenvalue weighted by molar-refractivity contribution is 6.31. The minimum Gasteiger partial charge on any atom is -0.327 e. The zero-order valence-corrected chi connectivity index (χ0v) is 13.2. The Hall–Kier alpha value is -0.530. The van der Waals surface area contributed by atoms with E-state index in [-0.39, 0.29) is 6.04 Å². The van der Waals surface area contributed by atoms with Crippen molar-refractivity contribution in [2.45, 2.75) is 71.3 Å². The molecule has 0 heterocycles. The predicted octanol–water partition coefficient (Wildman–Crippen LogP) is 5.27. The fourth-order valence-electron chi connectivity index (χ4n) is 2.39. The summed E-state index contributed by atoms with van der Waals surface area (Å²) < 4.78 is 0. The maximum atomic E-state index is 6.24. The predicted molar refractivity (Wildman–Crippen MR) is 85.9 cm³/mol. The van der Waals surface area contributed by atoms with Gasteiger partial charge >= 0.3 is 0 Å². The molecule has 108 valence electrons. The minimum atomic E-state index is 0.242. The normalized spacial score (nSPS) is 12.6. The molecule has 1 atom stereocenters. The van der Waals surface area contributed by atoms with E-state index in [0.717, 1.165) is 17.9 Å². The maximum Gasteiger partial charge on any atom is 0.0441 e. The number of hydrogen-bond donors (Lipinski definition) is 1. The van der Waals surface area contributed by atoms with E-state index >= 15 is 0 Å². The van der Waals surface area contributed by atoms with Gasteiger partial charge in [-0.15, -0.1) is 0 Å². The maximum absolute atomic E-state index is 6.24. The summed E-state index contributed by atoms with van der Waals surface area (Å²) in [6, 6.07) is 6.48. The lowest BCUT2D eigenvalue weighted by Gasteiger charge is -2.13. The second-order valence-corrected chi connectivity index (χ2v) is 6.02. The minimum absolute atomic E-state index is 0.242. The molecule has 0 saturated heterocycles. The van der Waals surface area contributed by atoms with Crippen molar-refractivity contribution in [3.63, 3.8) is 0 Å². The molecule has 0 amide bonds. The Kier molecular flexibility index (Phi) is 8.16. The van der Waals surface area contributed by atoms with Gasteiger partial charge in [0.1, 0.15) is 0 Å². The quantitative estimate of drug-likeness (QED) is 0.613. The number of benzene rings is 1. The van der Waals surface area contributed by atoms with Gasteiger partial charge in [-0.05, 0) is 37.0 Å². The molecule has 1 aromatic carbocycles. The Morgan fingerprint density at radius 3 is 2.47 bits per heavy atom. The van der Waals surface area contributed by atoms with Gasteiger partial charge in [-0.3, -0.25) is 0 Å². The number of halogens is 1. The van der Waals surface area contributed by atoms with E-state index in [9.17, 15) is 0 Å². The zero-order valence-electron chi connectivity index (χ0n) is 12.4. The lowest BCUT2D eigenvalue weighted by Crippen LogP contribution is -2.22. The van der Waals surface area contributed by atoms with Crippen LogP contribution in [-0.2, 0) is 6.42 Å². The van der Waals surface area contributed by atoms with Gasteiger partial charge in [0, 0.05) is 11.1 Å². The molecule has 0 spiro atoms. The van der Waals surface area contributed by atoms with Gasteiger partial charge in [0.05, 0.1) is 0 Å². The van der Waals surface area contributed by atoms with Crippen LogP contribution >= 0.6 is 11.6 Å². The topological polar surface area (TPSA) is 26.0 Å². The van der Waals surface area contributed by atoms with Gasteiger partial charge < -0.3 is 5.73 Å². The summed E-state index contributed by atoms with van der Waals surface area (Å²) in [6.07, 6.45) is 9.96. The number of rotatable bonds is 9. The van der Waals surface area contributed by atoms with E-state index in [4.69, 9.17) is 17.3 Å². The van der Waals surface area contributed by atoms with E-state index in [1.807, 2.05) is 6.07 Å². The van der Waals surface area contributed by atoms with Crippen LogP contribution in [0.1, 0.15) is 63.0 Å². The number of unbranched alkanes of at least 4 members (excludes halogenated alkanes) is 5. The lowest BCUT2D eigenvalue weighted by atomic mass is 9.99. The molecule has 1 aromatic rings. The highest BCUT2D eigenvalue weighted by Gasteiger charge is 2.07. The van der Waals surface area contributed by atoms with Crippen LogP contribution in [0.15, 0.2) is 18.2 Å². The average molecular weight is 282 g/mol. The first-order chi connectivity index (χ1) is 9.13. The van der Waals surface area contributed by atoms with Crippen molar-refractivity contribution < 1.29 is 0 Å². The standard InChI is InChI=1S/C17H28ClN/c1-3-4-5-6-7-8-9-16(19)13-15-11-10-14(2)12-17(15)18/h10-12,16H,3-9,13,19H2,1-2H3. The molecule has 0 aromatic heterocycles. The first kappa shape index (κ1) is 16.5. The molecule has 0 aliphatic rings. The van der Waals surface area contributed by atoms with E-state index < -0.39 is 0 Å². The summed E-state index contributed by atoms with van der Waals surface area (Å²) in [5.74, 6) is 0. The summed E-state index contributed by atoms with van der Waals surface area (Å²) in [4.78, 5) is 0. The van der Waals surface area contributed by atoms with Crippen LogP contribution < -0.4 is 5.73 Å². The van der Waals surface area contributed by atoms with Gasteiger partial charge in [0.2, 0.25) is 0 Å². The van der Waals surface area contributed by atoms with Crippen molar-refractivity contribution in [1.82, 2.24) is 0 Å². The Morgan fingerprint density at radius 1 is 1.11 bits per heavy atom. The van der Waals surface area contributed by atoms with Gasteiger partial charge in [0.25, 0.3) is 0 Å². The second kappa shape index (κ2) is 9.39. The van der Waals surface area contributed by atoms with Crippen LogP contribution in [-0.4, -0.2) is 6.04 Å². The Balaban J connectivity index is 2.21. The van der Waals surface area contributed by atoms with Crippen molar-refractivity contribution >= 4 is 11.6 Å². The van der Waals surface area contributed by atoms with Crippen molar-refractivity contribution in [3.8, 4) is 0 Å². The molecule has 1 nitrogen and oxygen atoms in total. The Labute approximate surface area is 123 Å². The smallest absolute Gasteiger partial charge is 0.0441 e. The van der Waals surface area contributed by atoms with Crippen LogP contribution in [0.3, 0.4) is 0 Å². The lowest BCUT2D eigenvalue weighted by molar-refractivity contribution is 0.532. The first-order valence-corrected chi connectivity index (χ1v) is 8.02. The van der Waals surface area contributed by atoms with Crippen LogP contribution in [0, 0.1) is 6.92 Å². The molecule has 0 fully saturated rings. The Bertz CT molecular complexity index is 362. The van der Waals surface area contributed by atoms with Crippen LogP contribution in [0.2, 0.25) is 5.02 Å². The van der Waals surface area contributed by atoms with Gasteiger partial charge in [0.15, 0.2) is 0 Å². The number of nitrogens with two attached hydrogens (primary N) is 1. The fraction of sp³-hybridized carbons (Fsp3) is 0.647. The van der Waals surface area contributed by atoms with E-state index in [1.165, 1.54) is 49.7 Å². The molecule has 0 saturated carbocycles. The third-order valence-corrected chi connectivity index (χ3v) is 3.97. The molecule has 19 heavy (non-hydrogen) atoms. The Morgan fingerprint density at radius 2 is 1.79 bits per heavy atom. The zero-order chi connectivity index (χ0) is 14.1. The monoisotopic (exact) mass is 281 g/mol. The average Bonchev–Trinajstić information content (AvgIpc) is 2.37. The van der Waals surface area contributed by atoms with Gasteiger partial charge in [-0.25, -0.2) is 0 Å². The largest absolute Gasteiger partial charge is 0.327 e. The van der Waals surface area contributed by atoms with Crippen molar-refractivity contribution in [3.05, 3.63) is 34.3 Å². The van der Waals surface area contributed by atoms with E-state index in [2.05, 4.69) is 26.0 Å². The summed E-state index contributed by atoms with van der Waals surface area (Å²) >= 11 is 6.24. The first-order valence-electron chi connectivity index (χ1n) is 7.64. The summed E-state index contributed by atoms with van der Waals surface area (Å²) in [7, 11) is 0. The third kappa shape index (κ3) is 6.98. The van der Waals surface area contributed by atoms with Gasteiger partial charge in [-0.2, -0.15) is 0 Å². The third-order valence-electron chi connectivity index (χ3n) is 3.62. The van der Waals surface area contributed by atoms with Crippen LogP contribution in [0.4, 0.5) is 0 Å². The fourth-order valence-corrected chi connectivity index (χ4v) is 2.70. The molecule has 1 rings (SSSR count). The van der Waals surface area contributed by atoms with E-state index in [1.54, 1.807) is 0 Å². The SMILES string of the molecule is CCCCCCCCC(N)Cc1ccc(C)cc1Cl. The second-order valence-electron chi connectivity index (χ2n) is 5.62. The molecule has 1 unspecified atom stereocenters. The summed E-state index contributed by atoms with van der Waals surface area (Å²) in [6.45, 7) is 4.31. The molecule has 0 bridgehead atoms. The highest BCUT2D eigenvalue weighted by atomic mass is 35.5. The van der Waals surface area contributed by atoms with Crippen LogP contribution in [0.5, 0.6) is 0 Å². The van der Waals surface area contributed by atoms with Crippen molar-refractivity contribution in [2.24, 2.45) is 5.73 Å².